The van der Waals surface area contributed by atoms with Crippen LogP contribution < -0.4 is 9.38 Å². The monoisotopic (exact) mass is 277 g/mol. The quantitative estimate of drug-likeness (QED) is 0.724. The molecule has 2 nitrogen and oxygen atoms in total. The Bertz CT molecular complexity index is 628. The summed E-state index contributed by atoms with van der Waals surface area (Å²) in [6, 6.07) is 21.5. The van der Waals surface area contributed by atoms with Crippen molar-refractivity contribution in [3.8, 4) is 0 Å². The van der Waals surface area contributed by atoms with Crippen molar-refractivity contribution < 1.29 is 0 Å². The first-order valence-electron chi connectivity index (χ1n) is 7.38. The zero-order chi connectivity index (χ0) is 14.7. The van der Waals surface area contributed by atoms with Gasteiger partial charge in [0, 0.05) is 5.69 Å². The summed E-state index contributed by atoms with van der Waals surface area (Å²) in [6.45, 7) is 4.50. The lowest BCUT2D eigenvalue weighted by Gasteiger charge is -2.37. The number of benzene rings is 2. The van der Waals surface area contributed by atoms with Gasteiger partial charge in [-0.1, -0.05) is 36.4 Å². The van der Waals surface area contributed by atoms with Gasteiger partial charge in [-0.15, -0.1) is 0 Å². The van der Waals surface area contributed by atoms with E-state index >= 15 is 0 Å². The smallest absolute Gasteiger partial charge is 0.142 e. The second-order valence-corrected chi connectivity index (χ2v) is 5.60. The summed E-state index contributed by atoms with van der Waals surface area (Å²) in [4.78, 5) is 2.15. The van der Waals surface area contributed by atoms with Crippen molar-refractivity contribution in [2.24, 2.45) is 0 Å². The second-order valence-electron chi connectivity index (χ2n) is 5.60. The molecular formula is C19H21N2+. The molecule has 1 heterocycles. The largest absolute Gasteiger partial charge is 0.313 e. The highest BCUT2D eigenvalue weighted by atomic mass is 15.4. The molecule has 2 aromatic rings. The average molecular weight is 277 g/mol. The minimum absolute atomic E-state index is 0.442. The summed E-state index contributed by atoms with van der Waals surface area (Å²) < 4.78 is 0.740. The minimum Gasteiger partial charge on any atom is -0.313 e. The van der Waals surface area contributed by atoms with Gasteiger partial charge in [0.25, 0.3) is 0 Å². The molecule has 0 spiro atoms. The van der Waals surface area contributed by atoms with E-state index in [1.54, 1.807) is 0 Å². The lowest BCUT2D eigenvalue weighted by atomic mass is 10.1. The van der Waals surface area contributed by atoms with E-state index in [0.29, 0.717) is 6.04 Å². The number of hydrogen-bond acceptors (Lipinski definition) is 1. The maximum Gasteiger partial charge on any atom is 0.142 e. The molecule has 0 unspecified atom stereocenters. The molecular weight excluding hydrogens is 256 g/mol. The highest BCUT2D eigenvalue weighted by molar-refractivity contribution is 5.57. The summed E-state index contributed by atoms with van der Waals surface area (Å²) in [5, 5.41) is 0. The SMILES string of the molecule is CC(C)[N+]1(c2ccccc2)C=CN(c2ccccc2)C=C1. The van der Waals surface area contributed by atoms with E-state index in [4.69, 9.17) is 0 Å². The first-order valence-corrected chi connectivity index (χ1v) is 7.38. The van der Waals surface area contributed by atoms with Crippen LogP contribution in [0.3, 0.4) is 0 Å². The fourth-order valence-corrected chi connectivity index (χ4v) is 2.74. The highest BCUT2D eigenvalue weighted by Gasteiger charge is 2.32. The molecule has 2 aromatic carbocycles. The molecule has 21 heavy (non-hydrogen) atoms. The van der Waals surface area contributed by atoms with Crippen molar-refractivity contribution in [3.05, 3.63) is 85.5 Å². The van der Waals surface area contributed by atoms with Gasteiger partial charge < -0.3 is 4.90 Å². The maximum atomic E-state index is 2.26. The van der Waals surface area contributed by atoms with Crippen molar-refractivity contribution in [2.45, 2.75) is 19.9 Å². The van der Waals surface area contributed by atoms with Gasteiger partial charge >= 0.3 is 0 Å². The van der Waals surface area contributed by atoms with Crippen LogP contribution >= 0.6 is 0 Å². The Kier molecular flexibility index (Phi) is 3.63. The van der Waals surface area contributed by atoms with Crippen molar-refractivity contribution in [3.63, 3.8) is 0 Å². The van der Waals surface area contributed by atoms with Crippen LogP contribution in [0.25, 0.3) is 0 Å². The number of quaternary nitrogens is 1. The van der Waals surface area contributed by atoms with Crippen LogP contribution in [0, 0.1) is 0 Å². The van der Waals surface area contributed by atoms with Gasteiger partial charge in [-0.25, -0.2) is 4.48 Å². The van der Waals surface area contributed by atoms with Gasteiger partial charge in [0.2, 0.25) is 0 Å². The van der Waals surface area contributed by atoms with Crippen molar-refractivity contribution in [1.29, 1.82) is 0 Å². The minimum atomic E-state index is 0.442. The Morgan fingerprint density at radius 2 is 1.29 bits per heavy atom. The van der Waals surface area contributed by atoms with E-state index < -0.39 is 0 Å². The van der Waals surface area contributed by atoms with Crippen LogP contribution in [-0.2, 0) is 0 Å². The molecule has 0 fully saturated rings. The molecule has 0 aromatic heterocycles. The van der Waals surface area contributed by atoms with Gasteiger partial charge in [0.1, 0.15) is 18.1 Å². The number of para-hydroxylation sites is 2. The normalized spacial score (nSPS) is 16.4. The number of anilines is 1. The first kappa shape index (κ1) is 13.7. The predicted molar refractivity (Wildman–Crippen MR) is 90.6 cm³/mol. The van der Waals surface area contributed by atoms with Crippen LogP contribution in [0.4, 0.5) is 11.4 Å². The predicted octanol–water partition coefficient (Wildman–Crippen LogP) is 4.86. The molecule has 0 N–H and O–H groups in total. The highest BCUT2D eigenvalue weighted by Crippen LogP contribution is 2.31. The molecule has 0 radical (unpaired) electrons. The summed E-state index contributed by atoms with van der Waals surface area (Å²) in [5.74, 6) is 0. The van der Waals surface area contributed by atoms with Crippen LogP contribution in [0.15, 0.2) is 85.5 Å². The first-order chi connectivity index (χ1) is 10.2. The van der Waals surface area contributed by atoms with E-state index in [0.717, 1.165) is 4.48 Å². The number of hydrogen-bond donors (Lipinski definition) is 0. The van der Waals surface area contributed by atoms with Crippen LogP contribution in [0.5, 0.6) is 0 Å². The van der Waals surface area contributed by atoms with E-state index in [9.17, 15) is 0 Å². The molecule has 2 heteroatoms. The summed E-state index contributed by atoms with van der Waals surface area (Å²) >= 11 is 0. The molecule has 3 rings (SSSR count). The summed E-state index contributed by atoms with van der Waals surface area (Å²) in [5.41, 5.74) is 2.47. The lowest BCUT2D eigenvalue weighted by molar-refractivity contribution is 0.401. The topological polar surface area (TPSA) is 3.24 Å². The number of rotatable bonds is 3. The Morgan fingerprint density at radius 1 is 0.762 bits per heavy atom. The van der Waals surface area contributed by atoms with Crippen LogP contribution in [0.2, 0.25) is 0 Å². The molecule has 0 atom stereocenters. The van der Waals surface area contributed by atoms with Gasteiger partial charge in [-0.3, -0.25) is 0 Å². The third-order valence-electron chi connectivity index (χ3n) is 4.06. The fraction of sp³-hybridized carbons (Fsp3) is 0.158. The zero-order valence-electron chi connectivity index (χ0n) is 12.6. The lowest BCUT2D eigenvalue weighted by Crippen LogP contribution is -2.46. The molecule has 106 valence electrons. The molecule has 1 aliphatic rings. The van der Waals surface area contributed by atoms with Crippen LogP contribution in [0.1, 0.15) is 13.8 Å². The molecule has 0 bridgehead atoms. The Morgan fingerprint density at radius 3 is 1.81 bits per heavy atom. The van der Waals surface area contributed by atoms with Gasteiger partial charge in [0.05, 0.1) is 18.4 Å². The van der Waals surface area contributed by atoms with Crippen molar-refractivity contribution in [1.82, 2.24) is 4.48 Å². The molecule has 1 aliphatic heterocycles. The second kappa shape index (κ2) is 5.58. The molecule has 0 saturated heterocycles. The third-order valence-corrected chi connectivity index (χ3v) is 4.06. The van der Waals surface area contributed by atoms with Crippen molar-refractivity contribution in [2.75, 3.05) is 4.90 Å². The summed E-state index contributed by atoms with van der Waals surface area (Å²) in [7, 11) is 0. The van der Waals surface area contributed by atoms with Gasteiger partial charge in [0.15, 0.2) is 0 Å². The Balaban J connectivity index is 1.95. The van der Waals surface area contributed by atoms with E-state index in [-0.39, 0.29) is 0 Å². The van der Waals surface area contributed by atoms with Crippen LogP contribution in [-0.4, -0.2) is 6.04 Å². The van der Waals surface area contributed by atoms with E-state index in [2.05, 4.69) is 98.1 Å². The molecule has 0 aliphatic carbocycles. The average Bonchev–Trinajstić information content (AvgIpc) is 2.56. The number of nitrogens with zero attached hydrogens (tertiary/aromatic N) is 2. The molecule has 0 saturated carbocycles. The van der Waals surface area contributed by atoms with E-state index in [1.807, 2.05) is 6.07 Å². The Hall–Kier alpha value is -2.32. The Labute approximate surface area is 126 Å². The third kappa shape index (κ3) is 2.50. The molecule has 0 amide bonds. The zero-order valence-corrected chi connectivity index (χ0v) is 12.6. The van der Waals surface area contributed by atoms with Crippen molar-refractivity contribution >= 4 is 11.4 Å². The fourth-order valence-electron chi connectivity index (χ4n) is 2.74. The van der Waals surface area contributed by atoms with Gasteiger partial charge in [-0.05, 0) is 38.1 Å². The van der Waals surface area contributed by atoms with Gasteiger partial charge in [-0.2, -0.15) is 0 Å². The maximum absolute atomic E-state index is 2.26. The summed E-state index contributed by atoms with van der Waals surface area (Å²) in [6.07, 6.45) is 8.82. The van der Waals surface area contributed by atoms with E-state index in [1.165, 1.54) is 11.4 Å². The standard InChI is InChI=1S/C19H21N2/c1-17(2)21(19-11-7-4-8-12-19)15-13-20(14-16-21)18-9-5-3-6-10-18/h3-17H,1-2H3/q+1.